The summed E-state index contributed by atoms with van der Waals surface area (Å²) in [6.45, 7) is 0. The molecular formula is C50H31N3. The third-order valence-corrected chi connectivity index (χ3v) is 10.8. The first-order valence-corrected chi connectivity index (χ1v) is 18.1. The Kier molecular flexibility index (Phi) is 6.55. The molecule has 3 nitrogen and oxygen atoms in total. The maximum absolute atomic E-state index is 5.15. The molecule has 2 heterocycles. The molecule has 0 atom stereocenters. The molecule has 0 saturated carbocycles. The maximum atomic E-state index is 5.15. The number of rotatable bonds is 5. The molecule has 246 valence electrons. The van der Waals surface area contributed by atoms with E-state index in [2.05, 4.69) is 180 Å². The predicted molar refractivity (Wildman–Crippen MR) is 220 cm³/mol. The Bertz CT molecular complexity index is 3010. The standard InChI is InChI=1S/C50H31N3/c1-3-11-32(12-4-1)33-21-23-35(24-22-33)44-31-43(34-13-5-2-6-14-34)51-50(52-44)37-25-27-38(28-26-37)53-45-20-8-7-17-41(45)49-46(53)30-29-40-39-18-9-15-36-16-10-19-42(47(36)39)48(40)49/h1-31H. The number of hydrogen-bond donors (Lipinski definition) is 0. The largest absolute Gasteiger partial charge is 0.309 e. The van der Waals surface area contributed by atoms with Crippen LogP contribution in [-0.2, 0) is 0 Å². The highest BCUT2D eigenvalue weighted by Crippen LogP contribution is 2.52. The van der Waals surface area contributed by atoms with Gasteiger partial charge in [-0.25, -0.2) is 9.97 Å². The molecule has 0 aliphatic heterocycles. The van der Waals surface area contributed by atoms with E-state index in [-0.39, 0.29) is 0 Å². The fraction of sp³-hybridized carbons (Fsp3) is 0. The first kappa shape index (κ1) is 29.6. The van der Waals surface area contributed by atoms with Crippen molar-refractivity contribution < 1.29 is 0 Å². The number of hydrogen-bond acceptors (Lipinski definition) is 2. The quantitative estimate of drug-likeness (QED) is 0.182. The molecule has 53 heavy (non-hydrogen) atoms. The first-order chi connectivity index (χ1) is 26.3. The van der Waals surface area contributed by atoms with Gasteiger partial charge in [-0.1, -0.05) is 146 Å². The van der Waals surface area contributed by atoms with Gasteiger partial charge in [0.2, 0.25) is 0 Å². The van der Waals surface area contributed by atoms with Crippen molar-refractivity contribution in [3.63, 3.8) is 0 Å². The van der Waals surface area contributed by atoms with Gasteiger partial charge < -0.3 is 4.57 Å². The summed E-state index contributed by atoms with van der Waals surface area (Å²) in [5.41, 5.74) is 16.0. The Morgan fingerprint density at radius 3 is 1.68 bits per heavy atom. The molecular weight excluding hydrogens is 643 g/mol. The molecule has 0 fully saturated rings. The fourth-order valence-electron chi connectivity index (χ4n) is 8.32. The summed E-state index contributed by atoms with van der Waals surface area (Å²) in [4.78, 5) is 10.3. The number of para-hydroxylation sites is 1. The number of nitrogens with zero attached hydrogens (tertiary/aromatic N) is 3. The van der Waals surface area contributed by atoms with E-state index in [1.165, 1.54) is 66.0 Å². The lowest BCUT2D eigenvalue weighted by Gasteiger charge is -2.12. The molecule has 3 heteroatoms. The van der Waals surface area contributed by atoms with Gasteiger partial charge in [-0.15, -0.1) is 0 Å². The highest BCUT2D eigenvalue weighted by molar-refractivity contribution is 6.26. The minimum Gasteiger partial charge on any atom is -0.309 e. The molecule has 0 bridgehead atoms. The van der Waals surface area contributed by atoms with Crippen LogP contribution in [0.4, 0.5) is 0 Å². The lowest BCUT2D eigenvalue weighted by molar-refractivity contribution is 1.16. The molecule has 10 aromatic rings. The van der Waals surface area contributed by atoms with Crippen molar-refractivity contribution >= 4 is 32.6 Å². The van der Waals surface area contributed by atoms with Crippen LogP contribution in [0.25, 0.3) is 106 Å². The molecule has 8 aromatic carbocycles. The summed E-state index contributed by atoms with van der Waals surface area (Å²) >= 11 is 0. The molecule has 1 aliphatic rings. The van der Waals surface area contributed by atoms with Gasteiger partial charge in [0.1, 0.15) is 0 Å². The third kappa shape index (κ3) is 4.68. The molecule has 0 saturated heterocycles. The normalized spacial score (nSPS) is 11.8. The van der Waals surface area contributed by atoms with Crippen molar-refractivity contribution in [1.82, 2.24) is 14.5 Å². The van der Waals surface area contributed by atoms with Crippen LogP contribution in [0.15, 0.2) is 188 Å². The Labute approximate surface area is 307 Å². The van der Waals surface area contributed by atoms with E-state index in [9.17, 15) is 0 Å². The van der Waals surface area contributed by atoms with Crippen LogP contribution in [0.1, 0.15) is 0 Å². The monoisotopic (exact) mass is 673 g/mol. The molecule has 2 aromatic heterocycles. The van der Waals surface area contributed by atoms with Gasteiger partial charge in [-0.05, 0) is 81.1 Å². The van der Waals surface area contributed by atoms with E-state index in [0.717, 1.165) is 33.8 Å². The fourth-order valence-corrected chi connectivity index (χ4v) is 8.32. The Morgan fingerprint density at radius 2 is 0.943 bits per heavy atom. The summed E-state index contributed by atoms with van der Waals surface area (Å²) in [6, 6.07) is 67.1. The van der Waals surface area contributed by atoms with Crippen molar-refractivity contribution in [2.75, 3.05) is 0 Å². The van der Waals surface area contributed by atoms with Crippen molar-refractivity contribution in [1.29, 1.82) is 0 Å². The summed E-state index contributed by atoms with van der Waals surface area (Å²) in [5.74, 6) is 0.700. The SMILES string of the molecule is c1ccc(-c2ccc(-c3cc(-c4ccccc4)nc(-c4ccc(-n5c6ccccc6c6c7c(ccc65)-c5cccc6cccc-7c56)cc4)n3)cc2)cc1. The van der Waals surface area contributed by atoms with Crippen LogP contribution in [-0.4, -0.2) is 14.5 Å². The molecule has 0 N–H and O–H groups in total. The van der Waals surface area contributed by atoms with Gasteiger partial charge in [0.05, 0.1) is 22.4 Å². The summed E-state index contributed by atoms with van der Waals surface area (Å²) in [5, 5.41) is 5.19. The van der Waals surface area contributed by atoms with Gasteiger partial charge >= 0.3 is 0 Å². The lowest BCUT2D eigenvalue weighted by atomic mass is 9.98. The van der Waals surface area contributed by atoms with E-state index in [0.29, 0.717) is 5.82 Å². The van der Waals surface area contributed by atoms with Crippen LogP contribution in [0.3, 0.4) is 0 Å². The average molecular weight is 674 g/mol. The topological polar surface area (TPSA) is 30.7 Å². The average Bonchev–Trinajstić information content (AvgIpc) is 3.75. The van der Waals surface area contributed by atoms with Crippen molar-refractivity contribution in [3.05, 3.63) is 188 Å². The summed E-state index contributed by atoms with van der Waals surface area (Å²) < 4.78 is 2.40. The van der Waals surface area contributed by atoms with Crippen LogP contribution in [0.2, 0.25) is 0 Å². The summed E-state index contributed by atoms with van der Waals surface area (Å²) in [6.07, 6.45) is 0. The van der Waals surface area contributed by atoms with Crippen LogP contribution >= 0.6 is 0 Å². The smallest absolute Gasteiger partial charge is 0.160 e. The zero-order valence-corrected chi connectivity index (χ0v) is 28.7. The van der Waals surface area contributed by atoms with Crippen LogP contribution < -0.4 is 0 Å². The Hall–Kier alpha value is -7.10. The molecule has 0 radical (unpaired) electrons. The van der Waals surface area contributed by atoms with E-state index in [1.54, 1.807) is 0 Å². The number of aromatic nitrogens is 3. The molecule has 0 unspecified atom stereocenters. The van der Waals surface area contributed by atoms with Gasteiger partial charge in [0, 0.05) is 38.7 Å². The Morgan fingerprint density at radius 1 is 0.358 bits per heavy atom. The second-order valence-electron chi connectivity index (χ2n) is 13.8. The van der Waals surface area contributed by atoms with Gasteiger partial charge in [0.15, 0.2) is 5.82 Å². The summed E-state index contributed by atoms with van der Waals surface area (Å²) in [7, 11) is 0. The van der Waals surface area contributed by atoms with Crippen molar-refractivity contribution in [3.8, 4) is 73.0 Å². The minimum absolute atomic E-state index is 0.700. The highest BCUT2D eigenvalue weighted by Gasteiger charge is 2.26. The van der Waals surface area contributed by atoms with E-state index in [1.807, 2.05) is 12.1 Å². The maximum Gasteiger partial charge on any atom is 0.160 e. The van der Waals surface area contributed by atoms with Crippen molar-refractivity contribution in [2.45, 2.75) is 0 Å². The Balaban J connectivity index is 1.04. The van der Waals surface area contributed by atoms with Crippen LogP contribution in [0, 0.1) is 0 Å². The molecule has 1 aliphatic carbocycles. The lowest BCUT2D eigenvalue weighted by Crippen LogP contribution is -1.97. The van der Waals surface area contributed by atoms with Crippen molar-refractivity contribution in [2.24, 2.45) is 0 Å². The third-order valence-electron chi connectivity index (χ3n) is 10.8. The highest BCUT2D eigenvalue weighted by atomic mass is 15.0. The molecule has 11 rings (SSSR count). The van der Waals surface area contributed by atoms with E-state index in [4.69, 9.17) is 9.97 Å². The zero-order chi connectivity index (χ0) is 34.9. The second kappa shape index (κ2) is 11.7. The van der Waals surface area contributed by atoms with Gasteiger partial charge in [-0.3, -0.25) is 0 Å². The van der Waals surface area contributed by atoms with Gasteiger partial charge in [-0.2, -0.15) is 0 Å². The number of fused-ring (bicyclic) bond motifs is 7. The van der Waals surface area contributed by atoms with Crippen LogP contribution in [0.5, 0.6) is 0 Å². The minimum atomic E-state index is 0.700. The second-order valence-corrected chi connectivity index (χ2v) is 13.8. The molecule has 0 spiro atoms. The predicted octanol–water partition coefficient (Wildman–Crippen LogP) is 13.0. The zero-order valence-electron chi connectivity index (χ0n) is 28.7. The van der Waals surface area contributed by atoms with Gasteiger partial charge in [0.25, 0.3) is 0 Å². The number of benzene rings is 8. The molecule has 0 amide bonds. The first-order valence-electron chi connectivity index (χ1n) is 18.1. The van der Waals surface area contributed by atoms with E-state index >= 15 is 0 Å². The van der Waals surface area contributed by atoms with E-state index < -0.39 is 0 Å².